The normalized spacial score (nSPS) is 19.9. The molecule has 1 aliphatic carbocycles. The highest BCUT2D eigenvalue weighted by atomic mass is 35.5. The summed E-state index contributed by atoms with van der Waals surface area (Å²) in [5.41, 5.74) is 3.49. The molecule has 0 aromatic heterocycles. The summed E-state index contributed by atoms with van der Waals surface area (Å²) in [5, 5.41) is 0.789. The molecule has 0 amide bonds. The fourth-order valence-corrected chi connectivity index (χ4v) is 2.09. The van der Waals surface area contributed by atoms with E-state index in [1.165, 1.54) is 11.1 Å². The Morgan fingerprint density at radius 2 is 2.15 bits per heavy atom. The number of rotatable bonds is 1. The zero-order chi connectivity index (χ0) is 9.42. The van der Waals surface area contributed by atoms with E-state index in [1.807, 2.05) is 12.1 Å². The van der Waals surface area contributed by atoms with Gasteiger partial charge in [0, 0.05) is 17.7 Å². The van der Waals surface area contributed by atoms with Crippen molar-refractivity contribution in [3.63, 3.8) is 0 Å². The minimum atomic E-state index is 0.0451. The van der Waals surface area contributed by atoms with Crippen LogP contribution in [0.3, 0.4) is 0 Å². The minimum Gasteiger partial charge on any atom is -0.372 e. The van der Waals surface area contributed by atoms with E-state index >= 15 is 0 Å². The van der Waals surface area contributed by atoms with E-state index in [1.54, 1.807) is 7.11 Å². The molecule has 0 bridgehead atoms. The van der Waals surface area contributed by atoms with Crippen molar-refractivity contribution in [2.24, 2.45) is 0 Å². The average Bonchev–Trinajstić information content (AvgIpc) is 2.42. The predicted octanol–water partition coefficient (Wildman–Crippen LogP) is 3.44. The van der Waals surface area contributed by atoms with Crippen LogP contribution in [0.15, 0.2) is 23.8 Å². The van der Waals surface area contributed by atoms with Gasteiger partial charge >= 0.3 is 0 Å². The van der Waals surface area contributed by atoms with Gasteiger partial charge in [0.2, 0.25) is 0 Å². The predicted molar refractivity (Wildman–Crippen MR) is 54.9 cm³/mol. The maximum atomic E-state index is 6.10. The minimum absolute atomic E-state index is 0.0451. The molecule has 0 N–H and O–H groups in total. The van der Waals surface area contributed by atoms with Crippen LogP contribution in [0.2, 0.25) is 5.02 Å². The third kappa shape index (κ3) is 1.28. The second-order valence-corrected chi connectivity index (χ2v) is 3.65. The standard InChI is InChI=1S/C11H11ClO/c1-7-6-8-4-3-5-9(12)10(8)11(7)13-2/h3-6,11H,1-2H3. The van der Waals surface area contributed by atoms with Gasteiger partial charge in [-0.1, -0.05) is 29.8 Å². The monoisotopic (exact) mass is 194 g/mol. The molecule has 2 heteroatoms. The summed E-state index contributed by atoms with van der Waals surface area (Å²) >= 11 is 6.10. The van der Waals surface area contributed by atoms with E-state index in [4.69, 9.17) is 16.3 Å². The molecule has 1 aromatic rings. The average molecular weight is 195 g/mol. The molecule has 0 saturated heterocycles. The summed E-state index contributed by atoms with van der Waals surface area (Å²) in [6, 6.07) is 5.92. The van der Waals surface area contributed by atoms with E-state index in [0.29, 0.717) is 0 Å². The highest BCUT2D eigenvalue weighted by Gasteiger charge is 2.24. The molecule has 0 aliphatic heterocycles. The van der Waals surface area contributed by atoms with E-state index < -0.39 is 0 Å². The van der Waals surface area contributed by atoms with Gasteiger partial charge in [0.25, 0.3) is 0 Å². The molecule has 13 heavy (non-hydrogen) atoms. The zero-order valence-corrected chi connectivity index (χ0v) is 8.43. The first-order valence-electron chi connectivity index (χ1n) is 4.23. The van der Waals surface area contributed by atoms with Gasteiger partial charge in [-0.25, -0.2) is 0 Å². The lowest BCUT2D eigenvalue weighted by molar-refractivity contribution is 0.136. The van der Waals surface area contributed by atoms with Crippen LogP contribution in [0.25, 0.3) is 6.08 Å². The van der Waals surface area contributed by atoms with Crippen molar-refractivity contribution in [1.82, 2.24) is 0 Å². The van der Waals surface area contributed by atoms with E-state index in [9.17, 15) is 0 Å². The van der Waals surface area contributed by atoms with Crippen LogP contribution in [-0.2, 0) is 4.74 Å². The Kier molecular flexibility index (Phi) is 2.14. The summed E-state index contributed by atoms with van der Waals surface area (Å²) in [7, 11) is 1.71. The summed E-state index contributed by atoms with van der Waals surface area (Å²) in [6.45, 7) is 2.06. The van der Waals surface area contributed by atoms with Gasteiger partial charge in [0.05, 0.1) is 0 Å². The Labute approximate surface area is 83.0 Å². The first-order chi connectivity index (χ1) is 6.24. The fourth-order valence-electron chi connectivity index (χ4n) is 1.81. The van der Waals surface area contributed by atoms with Crippen LogP contribution >= 0.6 is 11.6 Å². The molecule has 0 spiro atoms. The summed E-state index contributed by atoms with van der Waals surface area (Å²) in [6.07, 6.45) is 2.17. The van der Waals surface area contributed by atoms with Crippen LogP contribution in [-0.4, -0.2) is 7.11 Å². The Balaban J connectivity index is 2.57. The Bertz CT molecular complexity index is 368. The van der Waals surface area contributed by atoms with Crippen molar-refractivity contribution in [2.45, 2.75) is 13.0 Å². The summed E-state index contributed by atoms with van der Waals surface area (Å²) in [5.74, 6) is 0. The molecule has 1 atom stereocenters. The van der Waals surface area contributed by atoms with Gasteiger partial charge < -0.3 is 4.74 Å². The maximum Gasteiger partial charge on any atom is 0.105 e. The van der Waals surface area contributed by atoms with Crippen LogP contribution in [0.5, 0.6) is 0 Å². The molecular formula is C11H11ClO. The van der Waals surface area contributed by atoms with Crippen LogP contribution in [0, 0.1) is 0 Å². The number of hydrogen-bond donors (Lipinski definition) is 0. The fraction of sp³-hybridized carbons (Fsp3) is 0.273. The number of fused-ring (bicyclic) bond motifs is 1. The number of benzene rings is 1. The number of halogens is 1. The third-order valence-corrected chi connectivity index (χ3v) is 2.71. The molecule has 0 heterocycles. The third-order valence-electron chi connectivity index (χ3n) is 2.38. The van der Waals surface area contributed by atoms with E-state index in [2.05, 4.69) is 19.1 Å². The lowest BCUT2D eigenvalue weighted by Gasteiger charge is -2.13. The van der Waals surface area contributed by atoms with Crippen molar-refractivity contribution in [1.29, 1.82) is 0 Å². The largest absolute Gasteiger partial charge is 0.372 e. The lowest BCUT2D eigenvalue weighted by Crippen LogP contribution is -1.99. The zero-order valence-electron chi connectivity index (χ0n) is 7.67. The molecular weight excluding hydrogens is 184 g/mol. The van der Waals surface area contributed by atoms with Crippen molar-refractivity contribution in [3.05, 3.63) is 39.9 Å². The second-order valence-electron chi connectivity index (χ2n) is 3.25. The first kappa shape index (κ1) is 8.79. The molecule has 2 rings (SSSR count). The van der Waals surface area contributed by atoms with Crippen molar-refractivity contribution >= 4 is 17.7 Å². The highest BCUT2D eigenvalue weighted by Crippen LogP contribution is 2.40. The number of hydrogen-bond acceptors (Lipinski definition) is 1. The van der Waals surface area contributed by atoms with Crippen LogP contribution < -0.4 is 0 Å². The number of methoxy groups -OCH3 is 1. The Morgan fingerprint density at radius 3 is 2.85 bits per heavy atom. The molecule has 0 radical (unpaired) electrons. The van der Waals surface area contributed by atoms with Gasteiger partial charge in [0.1, 0.15) is 6.10 Å². The Morgan fingerprint density at radius 1 is 1.38 bits per heavy atom. The quantitative estimate of drug-likeness (QED) is 0.666. The second kappa shape index (κ2) is 3.17. The Hall–Kier alpha value is -0.790. The van der Waals surface area contributed by atoms with Gasteiger partial charge in [0.15, 0.2) is 0 Å². The topological polar surface area (TPSA) is 9.23 Å². The molecule has 1 nitrogen and oxygen atoms in total. The van der Waals surface area contributed by atoms with Crippen molar-refractivity contribution in [3.8, 4) is 0 Å². The smallest absolute Gasteiger partial charge is 0.105 e. The number of ether oxygens (including phenoxy) is 1. The molecule has 0 saturated carbocycles. The molecule has 1 unspecified atom stereocenters. The molecule has 1 aliphatic rings. The molecule has 0 fully saturated rings. The van der Waals surface area contributed by atoms with Crippen LogP contribution in [0.1, 0.15) is 24.2 Å². The maximum absolute atomic E-state index is 6.10. The van der Waals surface area contributed by atoms with Gasteiger partial charge in [-0.2, -0.15) is 0 Å². The van der Waals surface area contributed by atoms with Crippen molar-refractivity contribution < 1.29 is 4.74 Å². The van der Waals surface area contributed by atoms with E-state index in [0.717, 1.165) is 10.6 Å². The van der Waals surface area contributed by atoms with Gasteiger partial charge in [-0.3, -0.25) is 0 Å². The summed E-state index contributed by atoms with van der Waals surface area (Å²) < 4.78 is 5.38. The van der Waals surface area contributed by atoms with Crippen molar-refractivity contribution in [2.75, 3.05) is 7.11 Å². The van der Waals surface area contributed by atoms with Gasteiger partial charge in [-0.15, -0.1) is 0 Å². The highest BCUT2D eigenvalue weighted by molar-refractivity contribution is 6.31. The first-order valence-corrected chi connectivity index (χ1v) is 4.61. The molecule has 68 valence electrons. The SMILES string of the molecule is COC1C(C)=Cc2cccc(Cl)c21. The van der Waals surface area contributed by atoms with E-state index in [-0.39, 0.29) is 6.10 Å². The van der Waals surface area contributed by atoms with Gasteiger partial charge in [-0.05, 0) is 24.1 Å². The lowest BCUT2D eigenvalue weighted by atomic mass is 10.1. The van der Waals surface area contributed by atoms with Crippen LogP contribution in [0.4, 0.5) is 0 Å². The summed E-state index contributed by atoms with van der Waals surface area (Å²) in [4.78, 5) is 0. The molecule has 1 aromatic carbocycles.